The lowest BCUT2D eigenvalue weighted by Gasteiger charge is -2.05. The van der Waals surface area contributed by atoms with Gasteiger partial charge >= 0.3 is 5.69 Å². The van der Waals surface area contributed by atoms with E-state index in [2.05, 4.69) is 4.98 Å². The maximum absolute atomic E-state index is 11.7. The van der Waals surface area contributed by atoms with Crippen molar-refractivity contribution in [1.29, 1.82) is 0 Å². The van der Waals surface area contributed by atoms with Gasteiger partial charge in [0.05, 0.1) is 6.33 Å². The summed E-state index contributed by atoms with van der Waals surface area (Å²) in [5.74, 6) is 0. The first-order valence-corrected chi connectivity index (χ1v) is 5.09. The minimum atomic E-state index is -0.145. The molecular weight excluding hydrogens is 212 g/mol. The molecule has 0 aliphatic heterocycles. The summed E-state index contributed by atoms with van der Waals surface area (Å²) in [5, 5.41) is 0. The fraction of sp³-hybridized carbons (Fsp3) is 0.444. The van der Waals surface area contributed by atoms with Crippen LogP contribution in [-0.4, -0.2) is 18.7 Å². The number of imidazole rings is 1. The minimum absolute atomic E-state index is 0.145. The van der Waals surface area contributed by atoms with E-state index in [0.717, 1.165) is 12.1 Å². The maximum atomic E-state index is 11.7. The van der Waals surface area contributed by atoms with E-state index in [1.165, 1.54) is 9.13 Å². The summed E-state index contributed by atoms with van der Waals surface area (Å²) in [5.41, 5.74) is 1.34. The minimum Gasteiger partial charge on any atom is -0.327 e. The molecule has 2 aromatic heterocycles. The van der Waals surface area contributed by atoms with Gasteiger partial charge in [0.15, 0.2) is 5.65 Å². The Labute approximate surface area is 91.6 Å². The second-order valence-corrected chi connectivity index (χ2v) is 3.80. The van der Waals surface area contributed by atoms with Crippen LogP contribution in [0.25, 0.3) is 11.2 Å². The molecule has 0 aliphatic rings. The highest BCUT2D eigenvalue weighted by atomic mass is 32.1. The highest BCUT2D eigenvalue weighted by molar-refractivity contribution is 7.71. The zero-order chi connectivity index (χ0) is 11.2. The standard InChI is InChI=1S/C9H12N4OS/c1-4-13-5-10-7-6(13)8(15)12(3)9(14)11(7)2/h5H,4H2,1-3H3. The van der Waals surface area contributed by atoms with E-state index >= 15 is 0 Å². The molecule has 5 nitrogen and oxygen atoms in total. The van der Waals surface area contributed by atoms with Crippen LogP contribution in [0.4, 0.5) is 0 Å². The first-order chi connectivity index (χ1) is 7.07. The molecule has 0 bridgehead atoms. The lowest BCUT2D eigenvalue weighted by Crippen LogP contribution is -2.28. The van der Waals surface area contributed by atoms with Gasteiger partial charge in [-0.05, 0) is 6.92 Å². The number of hydrogen-bond donors (Lipinski definition) is 0. The summed E-state index contributed by atoms with van der Waals surface area (Å²) < 4.78 is 5.45. The molecule has 0 aromatic carbocycles. The Hall–Kier alpha value is -1.43. The molecule has 2 aromatic rings. The van der Waals surface area contributed by atoms with Gasteiger partial charge < -0.3 is 4.57 Å². The molecule has 0 N–H and O–H groups in total. The third-order valence-corrected chi connectivity index (χ3v) is 3.03. The SMILES string of the molecule is CCn1cnc2c1c(=S)n(C)c(=O)n2C. The number of hydrogen-bond acceptors (Lipinski definition) is 3. The molecule has 0 saturated heterocycles. The van der Waals surface area contributed by atoms with Crippen LogP contribution in [-0.2, 0) is 20.6 Å². The van der Waals surface area contributed by atoms with Crippen LogP contribution in [0.15, 0.2) is 11.1 Å². The zero-order valence-corrected chi connectivity index (χ0v) is 9.71. The molecule has 0 fully saturated rings. The molecule has 0 aliphatic carbocycles. The lowest BCUT2D eigenvalue weighted by atomic mass is 10.5. The van der Waals surface area contributed by atoms with Crippen LogP contribution in [0.1, 0.15) is 6.92 Å². The Morgan fingerprint density at radius 1 is 1.40 bits per heavy atom. The van der Waals surface area contributed by atoms with Gasteiger partial charge in [-0.2, -0.15) is 0 Å². The number of aromatic nitrogens is 4. The van der Waals surface area contributed by atoms with Gasteiger partial charge in [0.2, 0.25) is 0 Å². The molecular formula is C9H12N4OS. The Kier molecular flexibility index (Phi) is 2.22. The number of rotatable bonds is 1. The number of nitrogens with zero attached hydrogens (tertiary/aromatic N) is 4. The summed E-state index contributed by atoms with van der Waals surface area (Å²) in [6.07, 6.45) is 1.71. The lowest BCUT2D eigenvalue weighted by molar-refractivity contribution is 0.713. The van der Waals surface area contributed by atoms with Crippen LogP contribution in [0.3, 0.4) is 0 Å². The predicted octanol–water partition coefficient (Wildman–Crippen LogP) is 0.823. The monoisotopic (exact) mass is 224 g/mol. The van der Waals surface area contributed by atoms with E-state index in [0.29, 0.717) is 10.3 Å². The summed E-state index contributed by atoms with van der Waals surface area (Å²) >= 11 is 5.24. The molecule has 0 amide bonds. The van der Waals surface area contributed by atoms with E-state index in [1.54, 1.807) is 20.4 Å². The van der Waals surface area contributed by atoms with Gasteiger partial charge in [0.25, 0.3) is 0 Å². The van der Waals surface area contributed by atoms with Gasteiger partial charge in [-0.25, -0.2) is 9.78 Å². The van der Waals surface area contributed by atoms with Gasteiger partial charge in [0.1, 0.15) is 10.2 Å². The van der Waals surface area contributed by atoms with Crippen LogP contribution in [0, 0.1) is 4.64 Å². The first-order valence-electron chi connectivity index (χ1n) is 4.68. The Morgan fingerprint density at radius 3 is 2.67 bits per heavy atom. The van der Waals surface area contributed by atoms with Crippen molar-refractivity contribution in [3.8, 4) is 0 Å². The Bertz CT molecular complexity index is 634. The fourth-order valence-corrected chi connectivity index (χ4v) is 1.92. The van der Waals surface area contributed by atoms with E-state index < -0.39 is 0 Å². The predicted molar refractivity (Wildman–Crippen MR) is 60.5 cm³/mol. The van der Waals surface area contributed by atoms with Gasteiger partial charge in [-0.15, -0.1) is 0 Å². The van der Waals surface area contributed by atoms with Crippen molar-refractivity contribution >= 4 is 23.4 Å². The largest absolute Gasteiger partial charge is 0.330 e. The van der Waals surface area contributed by atoms with E-state index in [1.807, 2.05) is 11.5 Å². The zero-order valence-electron chi connectivity index (χ0n) is 8.89. The third-order valence-electron chi connectivity index (χ3n) is 2.56. The molecule has 0 spiro atoms. The van der Waals surface area contributed by atoms with Gasteiger partial charge in [-0.3, -0.25) is 9.13 Å². The van der Waals surface area contributed by atoms with Crippen molar-refractivity contribution < 1.29 is 0 Å². The normalized spacial score (nSPS) is 11.1. The van der Waals surface area contributed by atoms with Crippen molar-refractivity contribution in [3.63, 3.8) is 0 Å². The van der Waals surface area contributed by atoms with Crippen molar-refractivity contribution in [3.05, 3.63) is 21.5 Å². The summed E-state index contributed by atoms with van der Waals surface area (Å²) in [6.45, 7) is 2.80. The molecule has 6 heteroatoms. The van der Waals surface area contributed by atoms with Crippen LogP contribution in [0.2, 0.25) is 0 Å². The molecule has 2 rings (SSSR count). The second-order valence-electron chi connectivity index (χ2n) is 3.41. The van der Waals surface area contributed by atoms with Crippen molar-refractivity contribution in [2.75, 3.05) is 0 Å². The molecule has 2 heterocycles. The number of fused-ring (bicyclic) bond motifs is 1. The Balaban J connectivity index is 3.11. The molecule has 0 saturated carbocycles. The number of aryl methyl sites for hydroxylation is 2. The topological polar surface area (TPSA) is 44.8 Å². The molecule has 80 valence electrons. The molecule has 0 radical (unpaired) electrons. The van der Waals surface area contributed by atoms with Crippen LogP contribution < -0.4 is 5.69 Å². The average molecular weight is 224 g/mol. The summed E-state index contributed by atoms with van der Waals surface area (Å²) in [7, 11) is 3.38. The van der Waals surface area contributed by atoms with E-state index in [4.69, 9.17) is 12.2 Å². The summed E-state index contributed by atoms with van der Waals surface area (Å²) in [4.78, 5) is 15.9. The second kappa shape index (κ2) is 3.30. The van der Waals surface area contributed by atoms with Crippen molar-refractivity contribution in [2.45, 2.75) is 13.5 Å². The third kappa shape index (κ3) is 1.25. The van der Waals surface area contributed by atoms with Gasteiger partial charge in [-0.1, -0.05) is 12.2 Å². The summed E-state index contributed by atoms with van der Waals surface area (Å²) in [6, 6.07) is 0. The average Bonchev–Trinajstić information content (AvgIpc) is 2.67. The Morgan fingerprint density at radius 2 is 2.07 bits per heavy atom. The molecule has 0 atom stereocenters. The molecule has 0 unspecified atom stereocenters. The first kappa shape index (κ1) is 10.1. The van der Waals surface area contributed by atoms with Crippen LogP contribution >= 0.6 is 12.2 Å². The maximum Gasteiger partial charge on any atom is 0.330 e. The highest BCUT2D eigenvalue weighted by Crippen LogP contribution is 2.11. The van der Waals surface area contributed by atoms with Crippen molar-refractivity contribution in [1.82, 2.24) is 18.7 Å². The van der Waals surface area contributed by atoms with Crippen LogP contribution in [0.5, 0.6) is 0 Å². The molecule has 15 heavy (non-hydrogen) atoms. The fourth-order valence-electron chi connectivity index (χ4n) is 1.64. The quantitative estimate of drug-likeness (QED) is 0.674. The van der Waals surface area contributed by atoms with Crippen molar-refractivity contribution in [2.24, 2.45) is 14.1 Å². The van der Waals surface area contributed by atoms with E-state index in [9.17, 15) is 4.79 Å². The van der Waals surface area contributed by atoms with Gasteiger partial charge in [0, 0.05) is 20.6 Å². The van der Waals surface area contributed by atoms with E-state index in [-0.39, 0.29) is 5.69 Å². The highest BCUT2D eigenvalue weighted by Gasteiger charge is 2.10. The smallest absolute Gasteiger partial charge is 0.327 e.